The van der Waals surface area contributed by atoms with Crippen molar-refractivity contribution in [2.45, 2.75) is 44.5 Å². The molecule has 0 bridgehead atoms. The van der Waals surface area contributed by atoms with Crippen molar-refractivity contribution >= 4 is 27.5 Å². The minimum absolute atomic E-state index is 0.357. The summed E-state index contributed by atoms with van der Waals surface area (Å²) in [5.74, 6) is -0.0868. The summed E-state index contributed by atoms with van der Waals surface area (Å²) in [7, 11) is 0. The van der Waals surface area contributed by atoms with Gasteiger partial charge < -0.3 is 34.5 Å². The van der Waals surface area contributed by atoms with Crippen LogP contribution in [0.15, 0.2) is 21.3 Å². The van der Waals surface area contributed by atoms with Gasteiger partial charge in [0.1, 0.15) is 35.7 Å². The maximum atomic E-state index is 11.4. The molecule has 1 aliphatic heterocycles. The molecule has 10 heteroatoms. The summed E-state index contributed by atoms with van der Waals surface area (Å²) in [4.78, 5) is 22.4. The number of rotatable bonds is 4. The number of amides is 1. The fourth-order valence-electron chi connectivity index (χ4n) is 2.87. The number of ether oxygens (including phenoxy) is 2. The zero-order chi connectivity index (χ0) is 19.0. The van der Waals surface area contributed by atoms with Crippen molar-refractivity contribution in [2.24, 2.45) is 0 Å². The lowest BCUT2D eigenvalue weighted by atomic mass is 9.97. The van der Waals surface area contributed by atoms with E-state index in [9.17, 15) is 24.9 Å². The molecule has 2 heterocycles. The van der Waals surface area contributed by atoms with Crippen LogP contribution in [0.25, 0.3) is 10.3 Å². The lowest BCUT2D eigenvalue weighted by Gasteiger charge is -2.42. The first-order chi connectivity index (χ1) is 12.3. The third kappa shape index (κ3) is 3.46. The summed E-state index contributed by atoms with van der Waals surface area (Å²) in [6.07, 6.45) is -5.02. The summed E-state index contributed by atoms with van der Waals surface area (Å²) < 4.78 is 17.0. The maximum absolute atomic E-state index is 11.4. The number of carbonyl (C=O) groups excluding carboxylic acids is 1. The number of hydrogen-bond acceptors (Lipinski definition) is 9. The first kappa shape index (κ1) is 18.8. The largest absolute Gasteiger partial charge is 0.462 e. The molecule has 1 amide bonds. The number of benzene rings is 1. The van der Waals surface area contributed by atoms with Crippen molar-refractivity contribution in [3.63, 3.8) is 0 Å². The van der Waals surface area contributed by atoms with Crippen LogP contribution in [0, 0.1) is 6.92 Å². The average Bonchev–Trinajstić information content (AvgIpc) is 2.97. The topological polar surface area (TPSA) is 138 Å². The molecule has 1 aromatic carbocycles. The molecule has 0 unspecified atom stereocenters. The van der Waals surface area contributed by atoms with Crippen LogP contribution in [0.3, 0.4) is 0 Å². The molecule has 1 aromatic heterocycles. The average molecular weight is 385 g/mol. The maximum Gasteiger partial charge on any atom is 0.396 e. The second kappa shape index (κ2) is 7.33. The lowest BCUT2D eigenvalue weighted by Crippen LogP contribution is -2.65. The van der Waals surface area contributed by atoms with Gasteiger partial charge in [-0.3, -0.25) is 4.79 Å². The van der Waals surface area contributed by atoms with E-state index in [2.05, 4.69) is 5.32 Å². The zero-order valence-corrected chi connectivity index (χ0v) is 14.9. The van der Waals surface area contributed by atoms with Crippen LogP contribution in [0.5, 0.6) is 5.75 Å². The Morgan fingerprint density at radius 2 is 2.08 bits per heavy atom. The number of carbonyl (C=O) groups is 1. The summed E-state index contributed by atoms with van der Waals surface area (Å²) >= 11 is 0.930. The van der Waals surface area contributed by atoms with E-state index in [1.807, 2.05) is 0 Å². The Labute approximate surface area is 151 Å². The van der Waals surface area contributed by atoms with Gasteiger partial charge in [0, 0.05) is 12.5 Å². The molecular weight excluding hydrogens is 366 g/mol. The third-order valence-electron chi connectivity index (χ3n) is 4.19. The Kier molecular flexibility index (Phi) is 5.30. The standard InChI is InChI=1S/C16H19NO8S/c1-6-8(3-4-9-14(6)26-16(22)25-9)23-15-11(17-7(2)19)13(21)12(20)10(5-18)24-15/h3-4,10-13,15,18,20-21H,5H2,1-2H3,(H,17,19)/t10-,11+,12-,13+,15-/m1/s1. The van der Waals surface area contributed by atoms with Gasteiger partial charge in [-0.05, 0) is 19.1 Å². The number of aryl methyl sites for hydroxylation is 1. The van der Waals surface area contributed by atoms with Crippen LogP contribution < -0.4 is 15.0 Å². The monoisotopic (exact) mass is 385 g/mol. The fourth-order valence-corrected chi connectivity index (χ4v) is 3.64. The molecular formula is C16H19NO8S. The van der Waals surface area contributed by atoms with Crippen molar-refractivity contribution in [3.8, 4) is 5.75 Å². The van der Waals surface area contributed by atoms with Gasteiger partial charge in [-0.2, -0.15) is 0 Å². The van der Waals surface area contributed by atoms with Gasteiger partial charge in [0.25, 0.3) is 0 Å². The van der Waals surface area contributed by atoms with Crippen molar-refractivity contribution in [1.29, 1.82) is 0 Å². The molecule has 0 spiro atoms. The SMILES string of the molecule is CC(=O)N[C@@H]1[C@H](Oc2ccc3oc(=O)sc3c2C)O[C@H](CO)[C@@H](O)[C@H]1O. The molecule has 3 rings (SSSR count). The summed E-state index contributed by atoms with van der Waals surface area (Å²) in [5, 5.41) is 32.1. The number of fused-ring (bicyclic) bond motifs is 1. The first-order valence-electron chi connectivity index (χ1n) is 7.91. The molecule has 2 aromatic rings. The fraction of sp³-hybridized carbons (Fsp3) is 0.500. The quantitative estimate of drug-likeness (QED) is 0.552. The zero-order valence-electron chi connectivity index (χ0n) is 14.0. The van der Waals surface area contributed by atoms with Gasteiger partial charge >= 0.3 is 4.94 Å². The summed E-state index contributed by atoms with van der Waals surface area (Å²) in [6, 6.07) is 2.09. The van der Waals surface area contributed by atoms with Gasteiger partial charge in [0.2, 0.25) is 12.2 Å². The van der Waals surface area contributed by atoms with Crippen LogP contribution in [-0.2, 0) is 9.53 Å². The van der Waals surface area contributed by atoms with E-state index in [1.54, 1.807) is 19.1 Å². The van der Waals surface area contributed by atoms with Crippen LogP contribution in [0.4, 0.5) is 0 Å². The molecule has 142 valence electrons. The highest BCUT2D eigenvalue weighted by molar-refractivity contribution is 7.16. The first-order valence-corrected chi connectivity index (χ1v) is 8.73. The number of nitrogens with one attached hydrogen (secondary N) is 1. The summed E-state index contributed by atoms with van der Waals surface area (Å²) in [5.41, 5.74) is 1.06. The second-order valence-corrected chi connectivity index (χ2v) is 6.97. The molecule has 5 atom stereocenters. The van der Waals surface area contributed by atoms with Crippen molar-refractivity contribution in [3.05, 3.63) is 27.4 Å². The highest BCUT2D eigenvalue weighted by Gasteiger charge is 2.46. The third-order valence-corrected chi connectivity index (χ3v) is 5.15. The number of hydrogen-bond donors (Lipinski definition) is 4. The molecule has 0 saturated carbocycles. The normalized spacial score (nSPS) is 28.9. The van der Waals surface area contributed by atoms with Crippen LogP contribution in [0.1, 0.15) is 12.5 Å². The van der Waals surface area contributed by atoms with E-state index in [-0.39, 0.29) is 0 Å². The predicted octanol–water partition coefficient (Wildman–Crippen LogP) is -0.515. The van der Waals surface area contributed by atoms with Gasteiger partial charge in [0.05, 0.1) is 11.3 Å². The van der Waals surface area contributed by atoms with Crippen LogP contribution >= 0.6 is 11.3 Å². The predicted molar refractivity (Wildman–Crippen MR) is 91.1 cm³/mol. The molecule has 4 N–H and O–H groups in total. The molecule has 1 aliphatic rings. The van der Waals surface area contributed by atoms with E-state index in [0.717, 1.165) is 11.3 Å². The van der Waals surface area contributed by atoms with E-state index >= 15 is 0 Å². The Morgan fingerprint density at radius 1 is 1.35 bits per heavy atom. The Balaban J connectivity index is 1.93. The molecule has 0 radical (unpaired) electrons. The highest BCUT2D eigenvalue weighted by Crippen LogP contribution is 2.32. The van der Waals surface area contributed by atoms with E-state index in [4.69, 9.17) is 13.9 Å². The van der Waals surface area contributed by atoms with E-state index in [1.165, 1.54) is 6.92 Å². The molecule has 1 saturated heterocycles. The van der Waals surface area contributed by atoms with Gasteiger partial charge in [-0.1, -0.05) is 11.3 Å². The molecule has 0 aliphatic carbocycles. The number of aliphatic hydroxyl groups excluding tert-OH is 3. The van der Waals surface area contributed by atoms with Crippen LogP contribution in [0.2, 0.25) is 0 Å². The molecule has 9 nitrogen and oxygen atoms in total. The second-order valence-electron chi connectivity index (χ2n) is 6.02. The van der Waals surface area contributed by atoms with Gasteiger partial charge in [0.15, 0.2) is 0 Å². The smallest absolute Gasteiger partial charge is 0.396 e. The molecule has 26 heavy (non-hydrogen) atoms. The lowest BCUT2D eigenvalue weighted by molar-refractivity contribution is -0.244. The van der Waals surface area contributed by atoms with Crippen molar-refractivity contribution in [2.75, 3.05) is 6.61 Å². The minimum atomic E-state index is -1.40. The Bertz CT molecular complexity index is 862. The Morgan fingerprint density at radius 3 is 2.73 bits per heavy atom. The van der Waals surface area contributed by atoms with Crippen LogP contribution in [-0.4, -0.2) is 58.5 Å². The van der Waals surface area contributed by atoms with Crippen molar-refractivity contribution < 1.29 is 34.0 Å². The Hall–Kier alpha value is -1.98. The summed E-state index contributed by atoms with van der Waals surface area (Å²) in [6.45, 7) is 2.45. The van der Waals surface area contributed by atoms with Crippen molar-refractivity contribution in [1.82, 2.24) is 5.32 Å². The minimum Gasteiger partial charge on any atom is -0.462 e. The van der Waals surface area contributed by atoms with E-state index in [0.29, 0.717) is 21.6 Å². The molecule has 1 fully saturated rings. The number of aliphatic hydroxyl groups is 3. The van der Waals surface area contributed by atoms with Gasteiger partial charge in [-0.25, -0.2) is 4.79 Å². The highest BCUT2D eigenvalue weighted by atomic mass is 32.1. The van der Waals surface area contributed by atoms with Gasteiger partial charge in [-0.15, -0.1) is 0 Å². The van der Waals surface area contributed by atoms with E-state index < -0.39 is 48.1 Å².